The minimum Gasteiger partial charge on any atom is -0.494 e. The molecule has 0 aliphatic carbocycles. The van der Waals surface area contributed by atoms with Crippen molar-refractivity contribution in [1.29, 1.82) is 0 Å². The van der Waals surface area contributed by atoms with Crippen LogP contribution in [0, 0.1) is 12.7 Å². The van der Waals surface area contributed by atoms with E-state index in [2.05, 4.69) is 0 Å². The number of methoxy groups -OCH3 is 1. The van der Waals surface area contributed by atoms with Gasteiger partial charge in [-0.3, -0.25) is 4.79 Å². The number of nitrogens with zero attached hydrogens (tertiary/aromatic N) is 1. The van der Waals surface area contributed by atoms with Gasteiger partial charge in [-0.1, -0.05) is 24.3 Å². The molecule has 5 heteroatoms. The first-order valence-electron chi connectivity index (χ1n) is 8.15. The summed E-state index contributed by atoms with van der Waals surface area (Å²) in [6.45, 7) is 4.83. The molecule has 1 amide bonds. The molecule has 0 saturated heterocycles. The lowest BCUT2D eigenvalue weighted by Crippen LogP contribution is -2.30. The van der Waals surface area contributed by atoms with Gasteiger partial charge in [0, 0.05) is 17.8 Å². The fourth-order valence-corrected chi connectivity index (χ4v) is 4.05. The SMILES string of the molecule is CCN(Cc1ccc(OC)c(F)c1)C(=O)c1sc2ccccc2c1C. The van der Waals surface area contributed by atoms with Gasteiger partial charge in [-0.2, -0.15) is 0 Å². The number of benzene rings is 2. The Morgan fingerprint density at radius 2 is 2.00 bits per heavy atom. The summed E-state index contributed by atoms with van der Waals surface area (Å²) in [6, 6.07) is 12.8. The van der Waals surface area contributed by atoms with Crippen LogP contribution >= 0.6 is 11.3 Å². The fraction of sp³-hybridized carbons (Fsp3) is 0.250. The number of aryl methyl sites for hydroxylation is 1. The molecule has 0 atom stereocenters. The molecule has 0 saturated carbocycles. The molecule has 0 N–H and O–H groups in total. The van der Waals surface area contributed by atoms with Crippen LogP contribution in [0.25, 0.3) is 10.1 Å². The van der Waals surface area contributed by atoms with Gasteiger partial charge < -0.3 is 9.64 Å². The van der Waals surface area contributed by atoms with Crippen LogP contribution in [0.4, 0.5) is 4.39 Å². The van der Waals surface area contributed by atoms with Crippen molar-refractivity contribution in [2.24, 2.45) is 0 Å². The number of thiophene rings is 1. The molecule has 3 nitrogen and oxygen atoms in total. The van der Waals surface area contributed by atoms with E-state index < -0.39 is 5.82 Å². The number of carbonyl (C=O) groups excluding carboxylic acids is 1. The summed E-state index contributed by atoms with van der Waals surface area (Å²) in [5.74, 6) is -0.225. The molecule has 0 radical (unpaired) electrons. The minimum absolute atomic E-state index is 0.0163. The van der Waals surface area contributed by atoms with Gasteiger partial charge in [0.1, 0.15) is 0 Å². The summed E-state index contributed by atoms with van der Waals surface area (Å²) in [4.78, 5) is 15.5. The third-order valence-electron chi connectivity index (χ3n) is 4.30. The molecule has 0 spiro atoms. The van der Waals surface area contributed by atoms with E-state index >= 15 is 0 Å². The summed E-state index contributed by atoms with van der Waals surface area (Å²) < 4.78 is 20.0. The highest BCUT2D eigenvalue weighted by Crippen LogP contribution is 2.31. The number of fused-ring (bicyclic) bond motifs is 1. The van der Waals surface area contributed by atoms with Gasteiger partial charge in [0.05, 0.1) is 12.0 Å². The molecule has 1 heterocycles. The first-order valence-corrected chi connectivity index (χ1v) is 8.96. The first kappa shape index (κ1) is 17.4. The molecule has 0 bridgehead atoms. The topological polar surface area (TPSA) is 29.5 Å². The predicted octanol–water partition coefficient (Wildman–Crippen LogP) is 5.02. The number of rotatable bonds is 5. The van der Waals surface area contributed by atoms with Crippen LogP contribution in [-0.4, -0.2) is 24.5 Å². The van der Waals surface area contributed by atoms with Gasteiger partial charge in [-0.15, -0.1) is 11.3 Å². The molecule has 0 aliphatic heterocycles. The van der Waals surface area contributed by atoms with Gasteiger partial charge in [0.2, 0.25) is 0 Å². The molecular weight excluding hydrogens is 337 g/mol. The zero-order chi connectivity index (χ0) is 18.0. The highest BCUT2D eigenvalue weighted by Gasteiger charge is 2.21. The number of hydrogen-bond donors (Lipinski definition) is 0. The third kappa shape index (κ3) is 3.37. The normalized spacial score (nSPS) is 10.9. The van der Waals surface area contributed by atoms with Crippen molar-refractivity contribution < 1.29 is 13.9 Å². The van der Waals surface area contributed by atoms with Crippen molar-refractivity contribution in [2.75, 3.05) is 13.7 Å². The van der Waals surface area contributed by atoms with E-state index in [1.54, 1.807) is 17.0 Å². The lowest BCUT2D eigenvalue weighted by atomic mass is 10.1. The van der Waals surface area contributed by atoms with Crippen LogP contribution < -0.4 is 4.74 Å². The van der Waals surface area contributed by atoms with E-state index in [4.69, 9.17) is 4.74 Å². The van der Waals surface area contributed by atoms with Gasteiger partial charge in [-0.25, -0.2) is 4.39 Å². The van der Waals surface area contributed by atoms with Crippen molar-refractivity contribution >= 4 is 27.3 Å². The highest BCUT2D eigenvalue weighted by atomic mass is 32.1. The average Bonchev–Trinajstić information content (AvgIpc) is 2.96. The number of ether oxygens (including phenoxy) is 1. The Bertz CT molecular complexity index is 919. The zero-order valence-corrected chi connectivity index (χ0v) is 15.3. The Hall–Kier alpha value is -2.40. The van der Waals surface area contributed by atoms with E-state index in [-0.39, 0.29) is 11.7 Å². The zero-order valence-electron chi connectivity index (χ0n) is 14.5. The van der Waals surface area contributed by atoms with Gasteiger partial charge >= 0.3 is 0 Å². The van der Waals surface area contributed by atoms with Crippen molar-refractivity contribution in [2.45, 2.75) is 20.4 Å². The van der Waals surface area contributed by atoms with E-state index in [9.17, 15) is 9.18 Å². The maximum atomic E-state index is 13.9. The van der Waals surface area contributed by atoms with Crippen LogP contribution in [0.2, 0.25) is 0 Å². The summed E-state index contributed by atoms with van der Waals surface area (Å²) >= 11 is 1.51. The number of halogens is 1. The second kappa shape index (κ2) is 7.23. The van der Waals surface area contributed by atoms with Gasteiger partial charge in [0.25, 0.3) is 5.91 Å². The first-order chi connectivity index (χ1) is 12.0. The van der Waals surface area contributed by atoms with Crippen LogP contribution in [0.1, 0.15) is 27.7 Å². The molecule has 2 aromatic carbocycles. The molecule has 0 aliphatic rings. The number of hydrogen-bond acceptors (Lipinski definition) is 3. The van der Waals surface area contributed by atoms with Gasteiger partial charge in [-0.05, 0) is 48.6 Å². The lowest BCUT2D eigenvalue weighted by molar-refractivity contribution is 0.0756. The predicted molar refractivity (Wildman–Crippen MR) is 99.9 cm³/mol. The molecule has 3 rings (SSSR count). The maximum absolute atomic E-state index is 13.9. The molecule has 0 fully saturated rings. The fourth-order valence-electron chi connectivity index (χ4n) is 2.88. The van der Waals surface area contributed by atoms with E-state index in [0.29, 0.717) is 13.1 Å². The Kier molecular flexibility index (Phi) is 5.04. The molecule has 3 aromatic rings. The van der Waals surface area contributed by atoms with Crippen molar-refractivity contribution in [1.82, 2.24) is 4.90 Å². The van der Waals surface area contributed by atoms with Crippen molar-refractivity contribution in [3.05, 3.63) is 64.3 Å². The highest BCUT2D eigenvalue weighted by molar-refractivity contribution is 7.21. The molecule has 1 aromatic heterocycles. The number of amides is 1. The Labute approximate surface area is 150 Å². The third-order valence-corrected chi connectivity index (χ3v) is 5.56. The molecular formula is C20H20FNO2S. The Morgan fingerprint density at radius 1 is 1.24 bits per heavy atom. The van der Waals surface area contributed by atoms with E-state index in [1.807, 2.05) is 38.1 Å². The van der Waals surface area contributed by atoms with Crippen LogP contribution in [0.3, 0.4) is 0 Å². The second-order valence-electron chi connectivity index (χ2n) is 5.84. The molecule has 25 heavy (non-hydrogen) atoms. The summed E-state index contributed by atoms with van der Waals surface area (Å²) in [5.41, 5.74) is 1.75. The monoisotopic (exact) mass is 357 g/mol. The van der Waals surface area contributed by atoms with Crippen LogP contribution in [0.5, 0.6) is 5.75 Å². The second-order valence-corrected chi connectivity index (χ2v) is 6.89. The van der Waals surface area contributed by atoms with Crippen LogP contribution in [-0.2, 0) is 6.54 Å². The van der Waals surface area contributed by atoms with Crippen molar-refractivity contribution in [3.8, 4) is 5.75 Å². The Morgan fingerprint density at radius 3 is 2.64 bits per heavy atom. The molecule has 0 unspecified atom stereocenters. The summed E-state index contributed by atoms with van der Waals surface area (Å²) in [5, 5.41) is 1.11. The minimum atomic E-state index is -0.415. The van der Waals surface area contributed by atoms with Crippen LogP contribution in [0.15, 0.2) is 42.5 Å². The largest absolute Gasteiger partial charge is 0.494 e. The smallest absolute Gasteiger partial charge is 0.264 e. The standard InChI is InChI=1S/C20H20FNO2S/c1-4-22(12-14-9-10-17(24-3)16(21)11-14)20(23)19-13(2)15-7-5-6-8-18(15)25-19/h5-11H,4,12H2,1-3H3. The number of carbonyl (C=O) groups is 1. The van der Waals surface area contributed by atoms with E-state index in [0.717, 1.165) is 26.1 Å². The quantitative estimate of drug-likeness (QED) is 0.642. The molecule has 130 valence electrons. The van der Waals surface area contributed by atoms with Gasteiger partial charge in [0.15, 0.2) is 11.6 Å². The van der Waals surface area contributed by atoms with E-state index in [1.165, 1.54) is 24.5 Å². The average molecular weight is 357 g/mol. The lowest BCUT2D eigenvalue weighted by Gasteiger charge is -2.21. The maximum Gasteiger partial charge on any atom is 0.264 e. The van der Waals surface area contributed by atoms with Crippen molar-refractivity contribution in [3.63, 3.8) is 0 Å². The summed E-state index contributed by atoms with van der Waals surface area (Å²) in [6.07, 6.45) is 0. The Balaban J connectivity index is 1.88. The summed E-state index contributed by atoms with van der Waals surface area (Å²) in [7, 11) is 1.43.